The van der Waals surface area contributed by atoms with E-state index in [0.29, 0.717) is 19.8 Å². The number of imidazole rings is 1. The molecule has 0 bridgehead atoms. The van der Waals surface area contributed by atoms with Crippen LogP contribution in [0.25, 0.3) is 11.3 Å². The summed E-state index contributed by atoms with van der Waals surface area (Å²) in [5, 5.41) is 0. The van der Waals surface area contributed by atoms with Crippen molar-refractivity contribution in [3.8, 4) is 22.8 Å². The first-order valence-corrected chi connectivity index (χ1v) is 6.40. The first-order valence-electron chi connectivity index (χ1n) is 6.40. The van der Waals surface area contributed by atoms with Crippen LogP contribution in [0.1, 0.15) is 12.1 Å². The van der Waals surface area contributed by atoms with Crippen molar-refractivity contribution in [2.75, 3.05) is 13.2 Å². The molecule has 1 aliphatic rings. The molecular formula is C14H17N3O2. The summed E-state index contributed by atoms with van der Waals surface area (Å²) < 4.78 is 13.3. The number of rotatable bonds is 2. The lowest BCUT2D eigenvalue weighted by Crippen LogP contribution is -2.01. The van der Waals surface area contributed by atoms with Crippen LogP contribution >= 0.6 is 0 Å². The molecule has 1 aromatic heterocycles. The summed E-state index contributed by atoms with van der Waals surface area (Å²) in [7, 11) is 1.96. The Morgan fingerprint density at radius 1 is 1.26 bits per heavy atom. The smallest absolute Gasteiger partial charge is 0.161 e. The third-order valence-electron chi connectivity index (χ3n) is 3.23. The highest BCUT2D eigenvalue weighted by Gasteiger charge is 2.15. The molecule has 1 aromatic carbocycles. The first-order chi connectivity index (χ1) is 9.29. The van der Waals surface area contributed by atoms with Gasteiger partial charge in [0.15, 0.2) is 11.5 Å². The van der Waals surface area contributed by atoms with Crippen LogP contribution in [-0.4, -0.2) is 22.8 Å². The molecule has 5 nitrogen and oxygen atoms in total. The summed E-state index contributed by atoms with van der Waals surface area (Å²) in [5.74, 6) is 1.59. The molecule has 100 valence electrons. The van der Waals surface area contributed by atoms with E-state index in [2.05, 4.69) is 4.98 Å². The van der Waals surface area contributed by atoms with E-state index in [1.165, 1.54) is 0 Å². The molecule has 0 unspecified atom stereocenters. The van der Waals surface area contributed by atoms with Crippen LogP contribution in [0, 0.1) is 0 Å². The zero-order valence-corrected chi connectivity index (χ0v) is 10.9. The summed E-state index contributed by atoms with van der Waals surface area (Å²) in [4.78, 5) is 4.31. The molecule has 0 fully saturated rings. The lowest BCUT2D eigenvalue weighted by molar-refractivity contribution is 0.297. The fourth-order valence-corrected chi connectivity index (χ4v) is 2.31. The molecule has 0 radical (unpaired) electrons. The number of ether oxygens (including phenoxy) is 2. The third kappa shape index (κ3) is 2.17. The minimum absolute atomic E-state index is 0.421. The molecular weight excluding hydrogens is 242 g/mol. The fraction of sp³-hybridized carbons (Fsp3) is 0.357. The van der Waals surface area contributed by atoms with Crippen LogP contribution in [-0.2, 0) is 13.6 Å². The van der Waals surface area contributed by atoms with Crippen molar-refractivity contribution in [3.63, 3.8) is 0 Å². The summed E-state index contributed by atoms with van der Waals surface area (Å²) >= 11 is 0. The molecule has 5 heteroatoms. The Balaban J connectivity index is 2.06. The molecule has 0 saturated carbocycles. The molecule has 0 saturated heterocycles. The summed E-state index contributed by atoms with van der Waals surface area (Å²) in [6.07, 6.45) is 2.68. The van der Waals surface area contributed by atoms with Crippen LogP contribution in [0.2, 0.25) is 0 Å². The van der Waals surface area contributed by atoms with E-state index in [1.54, 1.807) is 6.33 Å². The average molecular weight is 259 g/mol. The van der Waals surface area contributed by atoms with Crippen LogP contribution in [0.15, 0.2) is 24.5 Å². The Labute approximate surface area is 112 Å². The van der Waals surface area contributed by atoms with Gasteiger partial charge in [0.2, 0.25) is 0 Å². The van der Waals surface area contributed by atoms with Crippen LogP contribution < -0.4 is 15.2 Å². The van der Waals surface area contributed by atoms with Gasteiger partial charge in [-0.05, 0) is 18.2 Å². The number of fused-ring (bicyclic) bond motifs is 1. The maximum atomic E-state index is 5.73. The van der Waals surface area contributed by atoms with Gasteiger partial charge in [-0.25, -0.2) is 4.98 Å². The van der Waals surface area contributed by atoms with E-state index >= 15 is 0 Å². The molecule has 2 N–H and O–H groups in total. The lowest BCUT2D eigenvalue weighted by atomic mass is 10.1. The summed E-state index contributed by atoms with van der Waals surface area (Å²) in [5.41, 5.74) is 8.69. The molecule has 0 atom stereocenters. The van der Waals surface area contributed by atoms with Crippen molar-refractivity contribution in [1.82, 2.24) is 9.55 Å². The second kappa shape index (κ2) is 4.93. The highest BCUT2D eigenvalue weighted by molar-refractivity contribution is 5.66. The monoisotopic (exact) mass is 259 g/mol. The van der Waals surface area contributed by atoms with Gasteiger partial charge in [-0.1, -0.05) is 0 Å². The van der Waals surface area contributed by atoms with Crippen molar-refractivity contribution < 1.29 is 9.47 Å². The summed E-state index contributed by atoms with van der Waals surface area (Å²) in [6.45, 7) is 1.81. The molecule has 0 amide bonds. The topological polar surface area (TPSA) is 62.3 Å². The number of nitrogens with zero attached hydrogens (tertiary/aromatic N) is 2. The van der Waals surface area contributed by atoms with Crippen LogP contribution in [0.5, 0.6) is 11.5 Å². The normalized spacial score (nSPS) is 14.2. The maximum absolute atomic E-state index is 5.73. The van der Waals surface area contributed by atoms with E-state index in [-0.39, 0.29) is 0 Å². The molecule has 0 spiro atoms. The Hall–Kier alpha value is -2.01. The van der Waals surface area contributed by atoms with Gasteiger partial charge < -0.3 is 19.8 Å². The van der Waals surface area contributed by atoms with Gasteiger partial charge in [-0.15, -0.1) is 0 Å². The van der Waals surface area contributed by atoms with E-state index in [4.69, 9.17) is 15.2 Å². The minimum Gasteiger partial charge on any atom is -0.490 e. The van der Waals surface area contributed by atoms with E-state index in [1.807, 2.05) is 29.8 Å². The van der Waals surface area contributed by atoms with Crippen LogP contribution in [0.3, 0.4) is 0 Å². The molecule has 1 aliphatic heterocycles. The van der Waals surface area contributed by atoms with E-state index < -0.39 is 0 Å². The lowest BCUT2D eigenvalue weighted by Gasteiger charge is -2.10. The molecule has 19 heavy (non-hydrogen) atoms. The standard InChI is InChI=1S/C14H17N3O2/c1-17-9-16-11(8-15)14(17)10-3-4-12-13(7-10)19-6-2-5-18-12/h3-4,7,9H,2,5-6,8,15H2,1H3. The SMILES string of the molecule is Cn1cnc(CN)c1-c1ccc2c(c1)OCCCO2. The van der Waals surface area contributed by atoms with Gasteiger partial charge in [0.05, 0.1) is 30.9 Å². The van der Waals surface area contributed by atoms with Crippen molar-refractivity contribution in [2.24, 2.45) is 12.8 Å². The van der Waals surface area contributed by atoms with E-state index in [9.17, 15) is 0 Å². The number of nitrogens with two attached hydrogens (primary N) is 1. The number of hydrogen-bond acceptors (Lipinski definition) is 4. The van der Waals surface area contributed by atoms with E-state index in [0.717, 1.165) is 34.9 Å². The van der Waals surface area contributed by atoms with Gasteiger partial charge >= 0.3 is 0 Å². The van der Waals surface area contributed by atoms with Crippen molar-refractivity contribution in [3.05, 3.63) is 30.2 Å². The summed E-state index contributed by atoms with van der Waals surface area (Å²) in [6, 6.07) is 5.96. The Kier molecular flexibility index (Phi) is 3.13. The number of aryl methyl sites for hydroxylation is 1. The van der Waals surface area contributed by atoms with Crippen LogP contribution in [0.4, 0.5) is 0 Å². The van der Waals surface area contributed by atoms with Gasteiger partial charge in [-0.2, -0.15) is 0 Å². The predicted molar refractivity (Wildman–Crippen MR) is 72.1 cm³/mol. The quantitative estimate of drug-likeness (QED) is 0.891. The number of hydrogen-bond donors (Lipinski definition) is 1. The second-order valence-electron chi connectivity index (χ2n) is 4.57. The fourth-order valence-electron chi connectivity index (χ4n) is 2.31. The van der Waals surface area contributed by atoms with Crippen molar-refractivity contribution in [1.29, 1.82) is 0 Å². The van der Waals surface area contributed by atoms with Gasteiger partial charge in [0, 0.05) is 25.6 Å². The zero-order chi connectivity index (χ0) is 13.2. The molecule has 0 aliphatic carbocycles. The Bertz CT molecular complexity index is 592. The third-order valence-corrected chi connectivity index (χ3v) is 3.23. The first kappa shape index (κ1) is 12.0. The highest BCUT2D eigenvalue weighted by atomic mass is 16.5. The van der Waals surface area contributed by atoms with Gasteiger partial charge in [0.1, 0.15) is 0 Å². The number of aromatic nitrogens is 2. The van der Waals surface area contributed by atoms with Crippen molar-refractivity contribution >= 4 is 0 Å². The van der Waals surface area contributed by atoms with Crippen molar-refractivity contribution in [2.45, 2.75) is 13.0 Å². The Morgan fingerprint density at radius 2 is 2.05 bits per heavy atom. The largest absolute Gasteiger partial charge is 0.490 e. The van der Waals surface area contributed by atoms with Gasteiger partial charge in [-0.3, -0.25) is 0 Å². The molecule has 2 heterocycles. The Morgan fingerprint density at radius 3 is 2.84 bits per heavy atom. The predicted octanol–water partition coefficient (Wildman–Crippen LogP) is 1.71. The minimum atomic E-state index is 0.421. The number of benzene rings is 1. The second-order valence-corrected chi connectivity index (χ2v) is 4.57. The average Bonchev–Trinajstić information content (AvgIpc) is 2.66. The zero-order valence-electron chi connectivity index (χ0n) is 10.9. The van der Waals surface area contributed by atoms with Gasteiger partial charge in [0.25, 0.3) is 0 Å². The highest BCUT2D eigenvalue weighted by Crippen LogP contribution is 2.34. The molecule has 2 aromatic rings. The maximum Gasteiger partial charge on any atom is 0.161 e. The molecule has 3 rings (SSSR count).